The highest BCUT2D eigenvalue weighted by molar-refractivity contribution is 14.0. The fourth-order valence-electron chi connectivity index (χ4n) is 3.64. The molecule has 0 atom stereocenters. The Hall–Kier alpha value is -0.830. The van der Waals surface area contributed by atoms with Crippen molar-refractivity contribution in [2.75, 3.05) is 25.1 Å². The second-order valence-corrected chi connectivity index (χ2v) is 11.1. The topological polar surface area (TPSA) is 70.6 Å². The van der Waals surface area contributed by atoms with Crippen molar-refractivity contribution in [2.24, 2.45) is 10.4 Å². The van der Waals surface area contributed by atoms with Crippen LogP contribution >= 0.6 is 24.0 Å². The molecular weight excluding hydrogens is 497 g/mol. The summed E-state index contributed by atoms with van der Waals surface area (Å²) in [6.07, 6.45) is 6.59. The van der Waals surface area contributed by atoms with Gasteiger partial charge in [0.15, 0.2) is 5.96 Å². The van der Waals surface area contributed by atoms with Crippen LogP contribution in [0.25, 0.3) is 0 Å². The van der Waals surface area contributed by atoms with Crippen molar-refractivity contribution in [1.29, 1.82) is 0 Å². The number of nitrogens with zero attached hydrogens (tertiary/aromatic N) is 1. The molecule has 7 heteroatoms. The molecule has 1 aromatic rings. The van der Waals surface area contributed by atoms with E-state index in [1.165, 1.54) is 24.7 Å². The van der Waals surface area contributed by atoms with Crippen LogP contribution in [0.1, 0.15) is 64.4 Å². The normalized spacial score (nSPS) is 20.6. The molecule has 5 nitrogen and oxygen atoms in total. The van der Waals surface area contributed by atoms with Gasteiger partial charge in [0.25, 0.3) is 0 Å². The molecule has 0 unspecified atom stereocenters. The van der Waals surface area contributed by atoms with E-state index < -0.39 is 9.84 Å². The van der Waals surface area contributed by atoms with Crippen molar-refractivity contribution in [2.45, 2.75) is 64.8 Å². The third kappa shape index (κ3) is 10.2. The number of nitrogens with one attached hydrogen (secondary N) is 2. The molecule has 166 valence electrons. The molecule has 0 bridgehead atoms. The highest BCUT2D eigenvalue weighted by Crippen LogP contribution is 2.32. The highest BCUT2D eigenvalue weighted by atomic mass is 127. The molecule has 1 saturated carbocycles. The van der Waals surface area contributed by atoms with Crippen LogP contribution in [-0.2, 0) is 9.84 Å². The Kier molecular flexibility index (Phi) is 11.0. The predicted molar refractivity (Wildman–Crippen MR) is 134 cm³/mol. The van der Waals surface area contributed by atoms with E-state index >= 15 is 0 Å². The van der Waals surface area contributed by atoms with Gasteiger partial charge in [0, 0.05) is 25.4 Å². The standard InChI is InChI=1S/C22H37N3O2S.HI/c1-5-23-21(24-17-22(2,3)15-16-28(4,26)27)25-20-13-11-19(12-14-20)18-9-7-6-8-10-18;/h6-10,19-20H,5,11-17H2,1-4H3,(H2,23,24,25);1H. The number of guanidine groups is 1. The van der Waals surface area contributed by atoms with Gasteiger partial charge in [-0.05, 0) is 55.9 Å². The van der Waals surface area contributed by atoms with Crippen molar-refractivity contribution in [3.8, 4) is 0 Å². The maximum absolute atomic E-state index is 11.4. The third-order valence-corrected chi connectivity index (χ3v) is 6.44. The Morgan fingerprint density at radius 3 is 2.31 bits per heavy atom. The first-order chi connectivity index (χ1) is 13.2. The summed E-state index contributed by atoms with van der Waals surface area (Å²) in [4.78, 5) is 4.76. The lowest BCUT2D eigenvalue weighted by molar-refractivity contribution is 0.358. The summed E-state index contributed by atoms with van der Waals surface area (Å²) < 4.78 is 22.9. The molecule has 2 N–H and O–H groups in total. The molecule has 1 aliphatic carbocycles. The molecule has 0 saturated heterocycles. The van der Waals surface area contributed by atoms with E-state index in [9.17, 15) is 8.42 Å². The lowest BCUT2D eigenvalue weighted by atomic mass is 9.82. The summed E-state index contributed by atoms with van der Waals surface area (Å²) in [6, 6.07) is 11.2. The zero-order valence-electron chi connectivity index (χ0n) is 18.3. The molecule has 2 rings (SSSR count). The van der Waals surface area contributed by atoms with Crippen molar-refractivity contribution in [3.63, 3.8) is 0 Å². The lowest BCUT2D eigenvalue weighted by Gasteiger charge is -2.31. The first-order valence-electron chi connectivity index (χ1n) is 10.5. The number of rotatable bonds is 8. The van der Waals surface area contributed by atoms with Gasteiger partial charge in [-0.1, -0.05) is 44.2 Å². The van der Waals surface area contributed by atoms with Gasteiger partial charge in [-0.3, -0.25) is 4.99 Å². The Morgan fingerprint density at radius 1 is 1.14 bits per heavy atom. The maximum atomic E-state index is 11.4. The summed E-state index contributed by atoms with van der Waals surface area (Å²) in [5.41, 5.74) is 1.31. The van der Waals surface area contributed by atoms with Crippen molar-refractivity contribution < 1.29 is 8.42 Å². The Bertz CT molecular complexity index is 728. The number of halogens is 1. The second-order valence-electron chi connectivity index (χ2n) is 8.84. The summed E-state index contributed by atoms with van der Waals surface area (Å²) in [6.45, 7) is 7.65. The van der Waals surface area contributed by atoms with Crippen LogP contribution < -0.4 is 10.6 Å². The quantitative estimate of drug-likeness (QED) is 0.295. The third-order valence-electron chi connectivity index (χ3n) is 5.50. The Labute approximate surface area is 194 Å². The number of benzene rings is 1. The van der Waals surface area contributed by atoms with Gasteiger partial charge in [0.05, 0.1) is 5.75 Å². The average molecular weight is 536 g/mol. The van der Waals surface area contributed by atoms with E-state index in [1.807, 2.05) is 0 Å². The van der Waals surface area contributed by atoms with Gasteiger partial charge in [-0.25, -0.2) is 8.42 Å². The molecule has 0 amide bonds. The Balaban J connectivity index is 0.00000420. The molecule has 0 aromatic heterocycles. The fourth-order valence-corrected chi connectivity index (χ4v) is 4.57. The molecule has 1 aromatic carbocycles. The molecule has 0 spiro atoms. The van der Waals surface area contributed by atoms with Crippen LogP contribution in [0.4, 0.5) is 0 Å². The highest BCUT2D eigenvalue weighted by Gasteiger charge is 2.24. The summed E-state index contributed by atoms with van der Waals surface area (Å²) in [7, 11) is -2.94. The SMILES string of the molecule is CCNC(=NCC(C)(C)CCS(C)(=O)=O)NC1CCC(c2ccccc2)CC1.I. The zero-order chi connectivity index (χ0) is 20.6. The average Bonchev–Trinajstić information content (AvgIpc) is 2.66. The fraction of sp³-hybridized carbons (Fsp3) is 0.682. The molecule has 0 aliphatic heterocycles. The largest absolute Gasteiger partial charge is 0.357 e. The molecule has 0 radical (unpaired) electrons. The minimum Gasteiger partial charge on any atom is -0.357 e. The maximum Gasteiger partial charge on any atom is 0.191 e. The number of aliphatic imine (C=N–C) groups is 1. The second kappa shape index (κ2) is 12.1. The summed E-state index contributed by atoms with van der Waals surface area (Å²) >= 11 is 0. The van der Waals surface area contributed by atoms with E-state index in [-0.39, 0.29) is 35.1 Å². The van der Waals surface area contributed by atoms with Crippen LogP contribution in [0.3, 0.4) is 0 Å². The van der Waals surface area contributed by atoms with E-state index in [4.69, 9.17) is 4.99 Å². The predicted octanol–water partition coefficient (Wildman–Crippen LogP) is 4.35. The van der Waals surface area contributed by atoms with Crippen LogP contribution in [0.2, 0.25) is 0 Å². The van der Waals surface area contributed by atoms with Crippen LogP contribution in [-0.4, -0.2) is 45.5 Å². The zero-order valence-corrected chi connectivity index (χ0v) is 21.4. The molecular formula is C22H38IN3O2S. The van der Waals surface area contributed by atoms with Gasteiger partial charge in [0.2, 0.25) is 0 Å². The van der Waals surface area contributed by atoms with E-state index in [0.29, 0.717) is 24.9 Å². The monoisotopic (exact) mass is 535 g/mol. The number of hydrogen-bond acceptors (Lipinski definition) is 3. The minimum atomic E-state index is -2.94. The van der Waals surface area contributed by atoms with Crippen molar-refractivity contribution >= 4 is 39.8 Å². The summed E-state index contributed by atoms with van der Waals surface area (Å²) in [5.74, 6) is 1.72. The van der Waals surface area contributed by atoms with Crippen LogP contribution in [0, 0.1) is 5.41 Å². The van der Waals surface area contributed by atoms with Crippen LogP contribution in [0.15, 0.2) is 35.3 Å². The van der Waals surface area contributed by atoms with Gasteiger partial charge in [-0.2, -0.15) is 0 Å². The minimum absolute atomic E-state index is 0. The molecule has 1 aliphatic rings. The van der Waals surface area contributed by atoms with Gasteiger partial charge < -0.3 is 10.6 Å². The van der Waals surface area contributed by atoms with Crippen molar-refractivity contribution in [1.82, 2.24) is 10.6 Å². The lowest BCUT2D eigenvalue weighted by Crippen LogP contribution is -2.45. The number of hydrogen-bond donors (Lipinski definition) is 2. The van der Waals surface area contributed by atoms with E-state index in [0.717, 1.165) is 25.3 Å². The Morgan fingerprint density at radius 2 is 1.76 bits per heavy atom. The van der Waals surface area contributed by atoms with Gasteiger partial charge in [0.1, 0.15) is 9.84 Å². The van der Waals surface area contributed by atoms with Crippen LogP contribution in [0.5, 0.6) is 0 Å². The van der Waals surface area contributed by atoms with E-state index in [1.54, 1.807) is 0 Å². The molecule has 1 fully saturated rings. The van der Waals surface area contributed by atoms with E-state index in [2.05, 4.69) is 61.7 Å². The van der Waals surface area contributed by atoms with Crippen molar-refractivity contribution in [3.05, 3.63) is 35.9 Å². The van der Waals surface area contributed by atoms with Gasteiger partial charge in [-0.15, -0.1) is 24.0 Å². The first-order valence-corrected chi connectivity index (χ1v) is 12.5. The molecule has 29 heavy (non-hydrogen) atoms. The molecule has 0 heterocycles. The number of sulfone groups is 1. The first kappa shape index (κ1) is 26.2. The summed E-state index contributed by atoms with van der Waals surface area (Å²) in [5, 5.41) is 6.93. The van der Waals surface area contributed by atoms with Gasteiger partial charge >= 0.3 is 0 Å². The smallest absolute Gasteiger partial charge is 0.191 e.